The summed E-state index contributed by atoms with van der Waals surface area (Å²) in [4.78, 5) is 0. The molecule has 3 heteroatoms. The molecule has 16 heavy (non-hydrogen) atoms. The number of ether oxygens (including phenoxy) is 1. The van der Waals surface area contributed by atoms with Crippen LogP contribution in [-0.2, 0) is 0 Å². The molecule has 0 saturated carbocycles. The highest BCUT2D eigenvalue weighted by molar-refractivity contribution is 9.10. The van der Waals surface area contributed by atoms with E-state index in [1.54, 1.807) is 7.11 Å². The van der Waals surface area contributed by atoms with Crippen LogP contribution < -0.4 is 4.74 Å². The zero-order chi connectivity index (χ0) is 11.8. The fourth-order valence-electron chi connectivity index (χ4n) is 0.985. The van der Waals surface area contributed by atoms with Gasteiger partial charge < -0.3 is 4.74 Å². The molecule has 0 fully saturated rings. The van der Waals surface area contributed by atoms with Crippen molar-refractivity contribution in [2.45, 2.75) is 0 Å². The summed E-state index contributed by atoms with van der Waals surface area (Å²) in [6, 6.07) is 17.1. The van der Waals surface area contributed by atoms with Gasteiger partial charge in [0.25, 0.3) is 0 Å². The van der Waals surface area contributed by atoms with Crippen LogP contribution in [0.1, 0.15) is 0 Å². The minimum Gasteiger partial charge on any atom is -0.497 e. The Labute approximate surface area is 109 Å². The Kier molecular flexibility index (Phi) is 5.98. The molecule has 1 nitrogen and oxygen atoms in total. The summed E-state index contributed by atoms with van der Waals surface area (Å²) in [6.45, 7) is 0. The maximum Gasteiger partial charge on any atom is 0.118 e. The van der Waals surface area contributed by atoms with Crippen molar-refractivity contribution < 1.29 is 4.74 Å². The van der Waals surface area contributed by atoms with Crippen LogP contribution in [0, 0.1) is 0 Å². The van der Waals surface area contributed by atoms with Gasteiger partial charge in [0.1, 0.15) is 5.75 Å². The lowest BCUT2D eigenvalue weighted by molar-refractivity contribution is 0.414. The molecular formula is C13H12BrClO. The highest BCUT2D eigenvalue weighted by Crippen LogP contribution is 2.14. The average molecular weight is 300 g/mol. The SMILES string of the molecule is COc1ccc(Br)cc1.Clc1ccccc1. The van der Waals surface area contributed by atoms with Gasteiger partial charge in [0.2, 0.25) is 0 Å². The van der Waals surface area contributed by atoms with Gasteiger partial charge in [-0.25, -0.2) is 0 Å². The molecule has 0 radical (unpaired) electrons. The smallest absolute Gasteiger partial charge is 0.118 e. The van der Waals surface area contributed by atoms with Gasteiger partial charge in [-0.2, -0.15) is 0 Å². The molecule has 0 aliphatic heterocycles. The molecule has 84 valence electrons. The topological polar surface area (TPSA) is 9.23 Å². The second-order valence-electron chi connectivity index (χ2n) is 2.95. The number of rotatable bonds is 1. The van der Waals surface area contributed by atoms with Crippen LogP contribution in [0.2, 0.25) is 5.02 Å². The highest BCUT2D eigenvalue weighted by atomic mass is 79.9. The summed E-state index contributed by atoms with van der Waals surface area (Å²) in [6.07, 6.45) is 0. The van der Waals surface area contributed by atoms with E-state index in [0.717, 1.165) is 15.2 Å². The van der Waals surface area contributed by atoms with E-state index in [9.17, 15) is 0 Å². The Bertz CT molecular complexity index is 400. The third-order valence-corrected chi connectivity index (χ3v) is 2.56. The molecule has 0 spiro atoms. The van der Waals surface area contributed by atoms with Crippen molar-refractivity contribution in [3.8, 4) is 5.75 Å². The van der Waals surface area contributed by atoms with E-state index in [4.69, 9.17) is 16.3 Å². The normalized spacial score (nSPS) is 8.94. The van der Waals surface area contributed by atoms with Crippen molar-refractivity contribution in [1.82, 2.24) is 0 Å². The first-order chi connectivity index (χ1) is 7.72. The first kappa shape index (κ1) is 13.1. The first-order valence-corrected chi connectivity index (χ1v) is 5.89. The zero-order valence-electron chi connectivity index (χ0n) is 8.86. The average Bonchev–Trinajstić information content (AvgIpc) is 2.32. The highest BCUT2D eigenvalue weighted by Gasteiger charge is 1.86. The Morgan fingerprint density at radius 3 is 1.88 bits per heavy atom. The van der Waals surface area contributed by atoms with Crippen molar-refractivity contribution in [3.63, 3.8) is 0 Å². The van der Waals surface area contributed by atoms with Crippen molar-refractivity contribution in [1.29, 1.82) is 0 Å². The minimum atomic E-state index is 0.794. The molecule has 2 rings (SSSR count). The zero-order valence-corrected chi connectivity index (χ0v) is 11.2. The Morgan fingerprint density at radius 2 is 1.50 bits per heavy atom. The third-order valence-electron chi connectivity index (χ3n) is 1.78. The van der Waals surface area contributed by atoms with Gasteiger partial charge in [-0.05, 0) is 36.4 Å². The van der Waals surface area contributed by atoms with Crippen molar-refractivity contribution >= 4 is 27.5 Å². The Morgan fingerprint density at radius 1 is 0.938 bits per heavy atom. The van der Waals surface area contributed by atoms with Gasteiger partial charge in [-0.3, -0.25) is 0 Å². The van der Waals surface area contributed by atoms with E-state index in [1.165, 1.54) is 0 Å². The van der Waals surface area contributed by atoms with E-state index in [-0.39, 0.29) is 0 Å². The van der Waals surface area contributed by atoms with Crippen LogP contribution >= 0.6 is 27.5 Å². The summed E-state index contributed by atoms with van der Waals surface area (Å²) >= 11 is 8.86. The van der Waals surface area contributed by atoms with Gasteiger partial charge >= 0.3 is 0 Å². The summed E-state index contributed by atoms with van der Waals surface area (Å²) < 4.78 is 6.02. The van der Waals surface area contributed by atoms with Crippen molar-refractivity contribution in [2.75, 3.05) is 7.11 Å². The predicted molar refractivity (Wildman–Crippen MR) is 72.1 cm³/mol. The van der Waals surface area contributed by atoms with Gasteiger partial charge in [-0.1, -0.05) is 45.7 Å². The maximum absolute atomic E-state index is 5.54. The van der Waals surface area contributed by atoms with E-state index in [0.29, 0.717) is 0 Å². The van der Waals surface area contributed by atoms with Crippen LogP contribution in [-0.4, -0.2) is 7.11 Å². The predicted octanol–water partition coefficient (Wildman–Crippen LogP) is 4.80. The van der Waals surface area contributed by atoms with Gasteiger partial charge in [0, 0.05) is 9.50 Å². The molecule has 0 heterocycles. The van der Waals surface area contributed by atoms with E-state index in [2.05, 4.69) is 15.9 Å². The molecule has 0 saturated heterocycles. The van der Waals surface area contributed by atoms with Gasteiger partial charge in [-0.15, -0.1) is 0 Å². The van der Waals surface area contributed by atoms with Crippen LogP contribution in [0.3, 0.4) is 0 Å². The number of hydrogen-bond acceptors (Lipinski definition) is 1. The van der Waals surface area contributed by atoms with Crippen LogP contribution in [0.15, 0.2) is 59.1 Å². The Hall–Kier alpha value is -0.990. The first-order valence-electron chi connectivity index (χ1n) is 4.72. The van der Waals surface area contributed by atoms with Gasteiger partial charge in [0.05, 0.1) is 7.11 Å². The van der Waals surface area contributed by atoms with Crippen LogP contribution in [0.5, 0.6) is 5.75 Å². The maximum atomic E-state index is 5.54. The van der Waals surface area contributed by atoms with E-state index >= 15 is 0 Å². The molecule has 2 aromatic carbocycles. The number of hydrogen-bond donors (Lipinski definition) is 0. The van der Waals surface area contributed by atoms with Crippen LogP contribution in [0.25, 0.3) is 0 Å². The fraction of sp³-hybridized carbons (Fsp3) is 0.0769. The van der Waals surface area contributed by atoms with E-state index in [1.807, 2.05) is 54.6 Å². The fourth-order valence-corrected chi connectivity index (χ4v) is 1.40. The monoisotopic (exact) mass is 298 g/mol. The molecule has 0 aliphatic carbocycles. The molecule has 0 atom stereocenters. The van der Waals surface area contributed by atoms with Crippen molar-refractivity contribution in [2.24, 2.45) is 0 Å². The van der Waals surface area contributed by atoms with Crippen LogP contribution in [0.4, 0.5) is 0 Å². The Balaban J connectivity index is 0.000000165. The standard InChI is InChI=1S/C7H7BrO.C6H5Cl/c1-9-7-4-2-6(8)3-5-7;7-6-4-2-1-3-5-6/h2-5H,1H3;1-5H. The molecule has 0 aromatic heterocycles. The van der Waals surface area contributed by atoms with Crippen molar-refractivity contribution in [3.05, 3.63) is 64.1 Å². The molecule has 0 bridgehead atoms. The summed E-state index contributed by atoms with van der Waals surface area (Å²) in [5.74, 6) is 0.887. The molecule has 0 N–H and O–H groups in total. The molecule has 0 amide bonds. The second kappa shape index (κ2) is 7.31. The lowest BCUT2D eigenvalue weighted by Crippen LogP contribution is -1.79. The minimum absolute atomic E-state index is 0.794. The lowest BCUT2D eigenvalue weighted by Gasteiger charge is -1.96. The van der Waals surface area contributed by atoms with Gasteiger partial charge in [0.15, 0.2) is 0 Å². The summed E-state index contributed by atoms with van der Waals surface area (Å²) in [7, 11) is 1.66. The van der Waals surface area contributed by atoms with E-state index < -0.39 is 0 Å². The summed E-state index contributed by atoms with van der Waals surface area (Å²) in [5.41, 5.74) is 0. The quantitative estimate of drug-likeness (QED) is 0.735. The largest absolute Gasteiger partial charge is 0.497 e. The number of methoxy groups -OCH3 is 1. The number of benzene rings is 2. The molecule has 0 unspecified atom stereocenters. The molecule has 2 aromatic rings. The molecular weight excluding hydrogens is 287 g/mol. The number of halogens is 2. The lowest BCUT2D eigenvalue weighted by atomic mass is 10.3. The second-order valence-corrected chi connectivity index (χ2v) is 4.31. The third kappa shape index (κ3) is 5.19. The molecule has 0 aliphatic rings. The summed E-state index contributed by atoms with van der Waals surface area (Å²) in [5, 5.41) is 0.794.